The van der Waals surface area contributed by atoms with Crippen molar-refractivity contribution in [3.05, 3.63) is 12.0 Å². The number of ether oxygens (including phenoxy) is 2. The van der Waals surface area contributed by atoms with Crippen LogP contribution in [0.5, 0.6) is 0 Å². The molecule has 2 heteroatoms. The minimum Gasteiger partial charge on any atom is -0.462 e. The van der Waals surface area contributed by atoms with E-state index in [0.29, 0.717) is 12.0 Å². The van der Waals surface area contributed by atoms with Gasteiger partial charge in [0.25, 0.3) is 5.95 Å². The van der Waals surface area contributed by atoms with Gasteiger partial charge in [-0.15, -0.1) is 0 Å². The Hall–Kier alpha value is -0.660. The molecule has 1 saturated heterocycles. The molecule has 0 aromatic carbocycles. The average molecular weight is 184 g/mol. The standard InChI is InChI=1S/C11H20O2/c1-3-5-6-7-8-10-9-12-11(4-2)13-10/h4,10H,3,5-9H2,1-2H3. The van der Waals surface area contributed by atoms with E-state index in [9.17, 15) is 0 Å². The molecular weight excluding hydrogens is 164 g/mol. The van der Waals surface area contributed by atoms with Crippen LogP contribution in [0.1, 0.15) is 46.0 Å². The van der Waals surface area contributed by atoms with Crippen LogP contribution >= 0.6 is 0 Å². The highest BCUT2D eigenvalue weighted by Crippen LogP contribution is 2.19. The van der Waals surface area contributed by atoms with Gasteiger partial charge in [-0.05, 0) is 25.8 Å². The molecule has 2 nitrogen and oxygen atoms in total. The zero-order valence-corrected chi connectivity index (χ0v) is 8.71. The lowest BCUT2D eigenvalue weighted by Gasteiger charge is -2.05. The van der Waals surface area contributed by atoms with E-state index < -0.39 is 0 Å². The number of unbranched alkanes of at least 4 members (excludes halogenated alkanes) is 3. The van der Waals surface area contributed by atoms with Crippen molar-refractivity contribution in [1.82, 2.24) is 0 Å². The lowest BCUT2D eigenvalue weighted by Crippen LogP contribution is -2.08. The highest BCUT2D eigenvalue weighted by Gasteiger charge is 2.20. The maximum absolute atomic E-state index is 5.53. The van der Waals surface area contributed by atoms with Gasteiger partial charge in [0.05, 0.1) is 0 Å². The summed E-state index contributed by atoms with van der Waals surface area (Å²) in [6.07, 6.45) is 8.54. The third-order valence-electron chi connectivity index (χ3n) is 2.31. The van der Waals surface area contributed by atoms with Gasteiger partial charge in [0.15, 0.2) is 0 Å². The Labute approximate surface area is 80.9 Å². The van der Waals surface area contributed by atoms with Crippen LogP contribution in [0.15, 0.2) is 12.0 Å². The molecule has 13 heavy (non-hydrogen) atoms. The highest BCUT2D eigenvalue weighted by molar-refractivity contribution is 4.86. The van der Waals surface area contributed by atoms with Crippen molar-refractivity contribution in [2.24, 2.45) is 0 Å². The maximum atomic E-state index is 5.53. The van der Waals surface area contributed by atoms with E-state index in [0.717, 1.165) is 13.0 Å². The molecule has 0 spiro atoms. The van der Waals surface area contributed by atoms with Crippen LogP contribution in [0.25, 0.3) is 0 Å². The first-order valence-corrected chi connectivity index (χ1v) is 5.32. The molecule has 1 rings (SSSR count). The molecule has 0 aliphatic carbocycles. The van der Waals surface area contributed by atoms with Crippen molar-refractivity contribution in [3.63, 3.8) is 0 Å². The van der Waals surface area contributed by atoms with Gasteiger partial charge in [0.1, 0.15) is 12.7 Å². The van der Waals surface area contributed by atoms with Gasteiger partial charge >= 0.3 is 0 Å². The van der Waals surface area contributed by atoms with Crippen LogP contribution in [-0.2, 0) is 9.47 Å². The first-order valence-electron chi connectivity index (χ1n) is 5.32. The zero-order chi connectivity index (χ0) is 9.52. The Kier molecular flexibility index (Phi) is 4.73. The molecule has 0 aromatic rings. The summed E-state index contributed by atoms with van der Waals surface area (Å²) in [4.78, 5) is 0. The van der Waals surface area contributed by atoms with Gasteiger partial charge in [-0.1, -0.05) is 26.2 Å². The van der Waals surface area contributed by atoms with Crippen LogP contribution in [0.4, 0.5) is 0 Å². The molecule has 1 atom stereocenters. The van der Waals surface area contributed by atoms with Gasteiger partial charge in [0, 0.05) is 0 Å². The topological polar surface area (TPSA) is 18.5 Å². The Morgan fingerprint density at radius 2 is 2.23 bits per heavy atom. The largest absolute Gasteiger partial charge is 0.462 e. The molecule has 0 saturated carbocycles. The predicted molar refractivity (Wildman–Crippen MR) is 53.3 cm³/mol. The van der Waals surface area contributed by atoms with E-state index in [4.69, 9.17) is 9.47 Å². The van der Waals surface area contributed by atoms with E-state index in [1.807, 2.05) is 13.0 Å². The lowest BCUT2D eigenvalue weighted by molar-refractivity contribution is 0.135. The third kappa shape index (κ3) is 3.71. The summed E-state index contributed by atoms with van der Waals surface area (Å²) in [5.41, 5.74) is 0. The Morgan fingerprint density at radius 3 is 2.85 bits per heavy atom. The fourth-order valence-electron chi connectivity index (χ4n) is 1.50. The molecule has 1 fully saturated rings. The number of hydrogen-bond acceptors (Lipinski definition) is 2. The van der Waals surface area contributed by atoms with Crippen molar-refractivity contribution >= 4 is 0 Å². The SMILES string of the molecule is CC=C1OCC(CCCCCC)O1. The molecule has 0 radical (unpaired) electrons. The fourth-order valence-corrected chi connectivity index (χ4v) is 1.50. The number of hydrogen-bond donors (Lipinski definition) is 0. The summed E-state index contributed by atoms with van der Waals surface area (Å²) in [5, 5.41) is 0. The van der Waals surface area contributed by atoms with E-state index in [1.165, 1.54) is 25.7 Å². The first kappa shape index (κ1) is 10.4. The zero-order valence-electron chi connectivity index (χ0n) is 8.71. The first-order chi connectivity index (χ1) is 6.36. The Morgan fingerprint density at radius 1 is 1.38 bits per heavy atom. The smallest absolute Gasteiger partial charge is 0.275 e. The predicted octanol–water partition coefficient (Wildman–Crippen LogP) is 3.23. The van der Waals surface area contributed by atoms with Crippen molar-refractivity contribution in [3.8, 4) is 0 Å². The molecule has 0 bridgehead atoms. The van der Waals surface area contributed by atoms with Gasteiger partial charge in [-0.25, -0.2) is 0 Å². The Bertz CT molecular complexity index is 163. The second kappa shape index (κ2) is 5.90. The molecule has 76 valence electrons. The summed E-state index contributed by atoms with van der Waals surface area (Å²) < 4.78 is 10.8. The fraction of sp³-hybridized carbons (Fsp3) is 0.818. The van der Waals surface area contributed by atoms with Crippen LogP contribution in [0.2, 0.25) is 0 Å². The second-order valence-corrected chi connectivity index (χ2v) is 3.51. The van der Waals surface area contributed by atoms with Crippen molar-refractivity contribution in [1.29, 1.82) is 0 Å². The second-order valence-electron chi connectivity index (χ2n) is 3.51. The monoisotopic (exact) mass is 184 g/mol. The quantitative estimate of drug-likeness (QED) is 0.611. The minimum absolute atomic E-state index is 0.308. The van der Waals surface area contributed by atoms with Gasteiger partial charge in [-0.2, -0.15) is 0 Å². The lowest BCUT2D eigenvalue weighted by atomic mass is 10.1. The average Bonchev–Trinajstić information content (AvgIpc) is 2.60. The van der Waals surface area contributed by atoms with Crippen LogP contribution in [0, 0.1) is 0 Å². The van der Waals surface area contributed by atoms with Gasteiger partial charge in [0.2, 0.25) is 0 Å². The van der Waals surface area contributed by atoms with E-state index in [2.05, 4.69) is 6.92 Å². The van der Waals surface area contributed by atoms with E-state index >= 15 is 0 Å². The van der Waals surface area contributed by atoms with E-state index in [1.54, 1.807) is 0 Å². The molecular formula is C11H20O2. The molecule has 0 N–H and O–H groups in total. The van der Waals surface area contributed by atoms with Crippen molar-refractivity contribution in [2.45, 2.75) is 52.1 Å². The van der Waals surface area contributed by atoms with Crippen LogP contribution in [0.3, 0.4) is 0 Å². The van der Waals surface area contributed by atoms with Crippen molar-refractivity contribution < 1.29 is 9.47 Å². The normalized spacial score (nSPS) is 24.5. The molecule has 1 aliphatic heterocycles. The van der Waals surface area contributed by atoms with Gasteiger partial charge in [-0.3, -0.25) is 0 Å². The maximum Gasteiger partial charge on any atom is 0.275 e. The molecule has 1 aliphatic rings. The summed E-state index contributed by atoms with van der Waals surface area (Å²) in [6.45, 7) is 4.91. The van der Waals surface area contributed by atoms with Gasteiger partial charge < -0.3 is 9.47 Å². The summed E-state index contributed by atoms with van der Waals surface area (Å²) in [5.74, 6) is 0.709. The Balaban J connectivity index is 2.04. The number of allylic oxidation sites excluding steroid dienone is 1. The molecule has 1 heterocycles. The summed E-state index contributed by atoms with van der Waals surface area (Å²) >= 11 is 0. The number of rotatable bonds is 5. The summed E-state index contributed by atoms with van der Waals surface area (Å²) in [6, 6.07) is 0. The summed E-state index contributed by atoms with van der Waals surface area (Å²) in [7, 11) is 0. The van der Waals surface area contributed by atoms with E-state index in [-0.39, 0.29) is 0 Å². The highest BCUT2D eigenvalue weighted by atomic mass is 16.7. The van der Waals surface area contributed by atoms with Crippen LogP contribution < -0.4 is 0 Å². The minimum atomic E-state index is 0.308. The van der Waals surface area contributed by atoms with Crippen LogP contribution in [-0.4, -0.2) is 12.7 Å². The van der Waals surface area contributed by atoms with Crippen molar-refractivity contribution in [2.75, 3.05) is 6.61 Å². The molecule has 0 aromatic heterocycles. The molecule has 0 amide bonds. The molecule has 1 unspecified atom stereocenters. The third-order valence-corrected chi connectivity index (χ3v) is 2.31.